The molecule has 0 aliphatic rings. The molecule has 0 saturated heterocycles. The number of hydrogen-bond donors (Lipinski definition) is 2. The Morgan fingerprint density at radius 2 is 2.00 bits per heavy atom. The topological polar surface area (TPSA) is 84.2 Å². The van der Waals surface area contributed by atoms with Crippen LogP contribution in [0.15, 0.2) is 18.2 Å². The molecule has 1 aromatic carbocycles. The third-order valence-corrected chi connectivity index (χ3v) is 3.67. The summed E-state index contributed by atoms with van der Waals surface area (Å²) in [6.07, 6.45) is -0.252. The van der Waals surface area contributed by atoms with Gasteiger partial charge in [-0.1, -0.05) is 6.07 Å². The first-order valence-electron chi connectivity index (χ1n) is 7.07. The largest absolute Gasteiger partial charge is 0.481 e. The molecular weight excluding hydrogens is 301 g/mol. The van der Waals surface area contributed by atoms with Gasteiger partial charge in [0.05, 0.1) is 18.5 Å². The Balaban J connectivity index is 2.08. The van der Waals surface area contributed by atoms with E-state index < -0.39 is 18.2 Å². The summed E-state index contributed by atoms with van der Waals surface area (Å²) in [6.45, 7) is 3.71. The standard InChI is InChI=1S/C16H18FN3O3/c1-9-13(10(2)20(3)19-9)8-15(21)18-12-5-4-11(6-16(22)23)14(17)7-12/h4-5,7H,6,8H2,1-3H3,(H,18,21)(H,22,23). The van der Waals surface area contributed by atoms with Crippen LogP contribution in [0, 0.1) is 19.7 Å². The lowest BCUT2D eigenvalue weighted by Crippen LogP contribution is -2.15. The summed E-state index contributed by atoms with van der Waals surface area (Å²) in [7, 11) is 1.81. The molecule has 6 nitrogen and oxygen atoms in total. The lowest BCUT2D eigenvalue weighted by molar-refractivity contribution is -0.136. The highest BCUT2D eigenvalue weighted by atomic mass is 19.1. The van der Waals surface area contributed by atoms with Gasteiger partial charge in [0, 0.05) is 24.0 Å². The van der Waals surface area contributed by atoms with Crippen molar-refractivity contribution >= 4 is 17.6 Å². The average Bonchev–Trinajstić information content (AvgIpc) is 2.68. The van der Waals surface area contributed by atoms with E-state index in [1.54, 1.807) is 11.7 Å². The summed E-state index contributed by atoms with van der Waals surface area (Å²) in [5, 5.41) is 15.5. The monoisotopic (exact) mass is 319 g/mol. The lowest BCUT2D eigenvalue weighted by Gasteiger charge is -2.08. The molecule has 7 heteroatoms. The predicted octanol–water partition coefficient (Wildman–Crippen LogP) is 1.98. The fourth-order valence-electron chi connectivity index (χ4n) is 2.37. The molecule has 0 saturated carbocycles. The fourth-order valence-corrected chi connectivity index (χ4v) is 2.37. The van der Waals surface area contributed by atoms with Gasteiger partial charge in [-0.2, -0.15) is 5.10 Å². The van der Waals surface area contributed by atoms with Crippen molar-refractivity contribution in [1.29, 1.82) is 0 Å². The number of aryl methyl sites for hydroxylation is 2. The SMILES string of the molecule is Cc1nn(C)c(C)c1CC(=O)Nc1ccc(CC(=O)O)c(F)c1. The number of hydrogen-bond acceptors (Lipinski definition) is 3. The molecule has 1 amide bonds. The molecule has 2 aromatic rings. The molecule has 0 atom stereocenters. The third-order valence-electron chi connectivity index (χ3n) is 3.67. The number of rotatable bonds is 5. The molecule has 0 aliphatic heterocycles. The molecule has 1 heterocycles. The number of nitrogens with one attached hydrogen (secondary N) is 1. The second kappa shape index (κ2) is 6.60. The molecule has 0 aliphatic carbocycles. The summed E-state index contributed by atoms with van der Waals surface area (Å²) < 4.78 is 15.5. The van der Waals surface area contributed by atoms with Crippen molar-refractivity contribution in [3.8, 4) is 0 Å². The van der Waals surface area contributed by atoms with E-state index in [9.17, 15) is 14.0 Å². The van der Waals surface area contributed by atoms with Gasteiger partial charge in [0.15, 0.2) is 0 Å². The van der Waals surface area contributed by atoms with Gasteiger partial charge in [-0.25, -0.2) is 4.39 Å². The molecule has 0 fully saturated rings. The maximum absolute atomic E-state index is 13.8. The molecular formula is C16H18FN3O3. The van der Waals surface area contributed by atoms with Crippen molar-refractivity contribution < 1.29 is 19.1 Å². The Hall–Kier alpha value is -2.70. The average molecular weight is 319 g/mol. The number of halogens is 1. The Morgan fingerprint density at radius 3 is 2.52 bits per heavy atom. The maximum atomic E-state index is 13.8. The molecule has 0 radical (unpaired) electrons. The number of aliphatic carboxylic acids is 1. The summed E-state index contributed by atoms with van der Waals surface area (Å²) in [6, 6.07) is 3.97. The number of carboxylic acids is 1. The van der Waals surface area contributed by atoms with Crippen LogP contribution in [0.25, 0.3) is 0 Å². The van der Waals surface area contributed by atoms with Crippen LogP contribution < -0.4 is 5.32 Å². The second-order valence-corrected chi connectivity index (χ2v) is 5.37. The lowest BCUT2D eigenvalue weighted by atomic mass is 10.1. The van der Waals surface area contributed by atoms with Crippen LogP contribution in [0.5, 0.6) is 0 Å². The van der Waals surface area contributed by atoms with E-state index in [4.69, 9.17) is 5.11 Å². The Labute approximate surface area is 132 Å². The van der Waals surface area contributed by atoms with E-state index in [1.165, 1.54) is 12.1 Å². The molecule has 0 spiro atoms. The Bertz CT molecular complexity index is 768. The van der Waals surface area contributed by atoms with Crippen LogP contribution in [-0.2, 0) is 29.5 Å². The van der Waals surface area contributed by atoms with Crippen molar-refractivity contribution in [2.75, 3.05) is 5.32 Å². The summed E-state index contributed by atoms with van der Waals surface area (Å²) in [5.41, 5.74) is 2.90. The van der Waals surface area contributed by atoms with Gasteiger partial charge in [0.25, 0.3) is 0 Å². The van der Waals surface area contributed by atoms with Crippen molar-refractivity contribution in [2.24, 2.45) is 7.05 Å². The van der Waals surface area contributed by atoms with Gasteiger partial charge in [0.1, 0.15) is 5.82 Å². The zero-order chi connectivity index (χ0) is 17.1. The number of carbonyl (C=O) groups is 2. The first kappa shape index (κ1) is 16.7. The van der Waals surface area contributed by atoms with Crippen LogP contribution in [0.2, 0.25) is 0 Å². The summed E-state index contributed by atoms with van der Waals surface area (Å²) >= 11 is 0. The molecule has 0 unspecified atom stereocenters. The maximum Gasteiger partial charge on any atom is 0.307 e. The minimum atomic E-state index is -1.11. The minimum absolute atomic E-state index is 0.0782. The highest BCUT2D eigenvalue weighted by Crippen LogP contribution is 2.17. The molecule has 0 bridgehead atoms. The van der Waals surface area contributed by atoms with Crippen molar-refractivity contribution in [1.82, 2.24) is 9.78 Å². The van der Waals surface area contributed by atoms with E-state index in [0.717, 1.165) is 23.0 Å². The number of carbonyl (C=O) groups excluding carboxylic acids is 1. The van der Waals surface area contributed by atoms with E-state index in [1.807, 2.05) is 13.8 Å². The normalized spacial score (nSPS) is 10.6. The van der Waals surface area contributed by atoms with E-state index in [2.05, 4.69) is 10.4 Å². The minimum Gasteiger partial charge on any atom is -0.481 e. The fraction of sp³-hybridized carbons (Fsp3) is 0.312. The molecule has 1 aromatic heterocycles. The van der Waals surface area contributed by atoms with Gasteiger partial charge in [-0.05, 0) is 31.5 Å². The molecule has 2 N–H and O–H groups in total. The Kier molecular flexibility index (Phi) is 4.78. The van der Waals surface area contributed by atoms with Crippen LogP contribution in [0.1, 0.15) is 22.5 Å². The second-order valence-electron chi connectivity index (χ2n) is 5.37. The Morgan fingerprint density at radius 1 is 1.30 bits per heavy atom. The number of carboxylic acid groups (broad SMARTS) is 1. The molecule has 2 rings (SSSR count). The molecule has 23 heavy (non-hydrogen) atoms. The van der Waals surface area contributed by atoms with Crippen molar-refractivity contribution in [3.63, 3.8) is 0 Å². The first-order chi connectivity index (χ1) is 10.8. The van der Waals surface area contributed by atoms with Crippen LogP contribution in [-0.4, -0.2) is 26.8 Å². The van der Waals surface area contributed by atoms with Gasteiger partial charge in [-0.3, -0.25) is 14.3 Å². The first-order valence-corrected chi connectivity index (χ1v) is 7.07. The zero-order valence-electron chi connectivity index (χ0n) is 13.2. The van der Waals surface area contributed by atoms with Gasteiger partial charge >= 0.3 is 5.97 Å². The van der Waals surface area contributed by atoms with E-state index in [-0.39, 0.29) is 17.9 Å². The number of amides is 1. The summed E-state index contributed by atoms with van der Waals surface area (Å²) in [5.74, 6) is -2.04. The predicted molar refractivity (Wildman–Crippen MR) is 82.8 cm³/mol. The van der Waals surface area contributed by atoms with E-state index >= 15 is 0 Å². The van der Waals surface area contributed by atoms with Gasteiger partial charge < -0.3 is 10.4 Å². The van der Waals surface area contributed by atoms with Crippen LogP contribution in [0.3, 0.4) is 0 Å². The molecule has 122 valence electrons. The smallest absolute Gasteiger partial charge is 0.307 e. The number of aromatic nitrogens is 2. The van der Waals surface area contributed by atoms with Crippen LogP contribution in [0.4, 0.5) is 10.1 Å². The van der Waals surface area contributed by atoms with E-state index in [0.29, 0.717) is 5.69 Å². The quantitative estimate of drug-likeness (QED) is 0.882. The van der Waals surface area contributed by atoms with Crippen molar-refractivity contribution in [3.05, 3.63) is 46.5 Å². The highest BCUT2D eigenvalue weighted by Gasteiger charge is 2.14. The van der Waals surface area contributed by atoms with Gasteiger partial charge in [-0.15, -0.1) is 0 Å². The summed E-state index contributed by atoms with van der Waals surface area (Å²) in [4.78, 5) is 22.7. The third kappa shape index (κ3) is 3.94. The van der Waals surface area contributed by atoms with Crippen LogP contribution >= 0.6 is 0 Å². The number of nitrogens with zero attached hydrogens (tertiary/aromatic N) is 2. The van der Waals surface area contributed by atoms with Gasteiger partial charge in [0.2, 0.25) is 5.91 Å². The number of anilines is 1. The van der Waals surface area contributed by atoms with Crippen molar-refractivity contribution in [2.45, 2.75) is 26.7 Å². The zero-order valence-corrected chi connectivity index (χ0v) is 13.2. The highest BCUT2D eigenvalue weighted by molar-refractivity contribution is 5.92. The number of benzene rings is 1.